The van der Waals surface area contributed by atoms with Gasteiger partial charge in [0, 0.05) is 11.8 Å². The van der Waals surface area contributed by atoms with Crippen molar-refractivity contribution in [2.75, 3.05) is 19.7 Å². The van der Waals surface area contributed by atoms with Crippen LogP contribution in [0.25, 0.3) is 0 Å². The lowest BCUT2D eigenvalue weighted by Gasteiger charge is -2.10. The van der Waals surface area contributed by atoms with Gasteiger partial charge < -0.3 is 21.2 Å². The van der Waals surface area contributed by atoms with Crippen LogP contribution in [-0.2, 0) is 4.74 Å². The summed E-state index contributed by atoms with van der Waals surface area (Å²) >= 11 is 0. The minimum absolute atomic E-state index is 0.136. The fourth-order valence-electron chi connectivity index (χ4n) is 1.41. The molecule has 4 nitrogen and oxygen atoms in total. The molecule has 1 aliphatic rings. The number of ether oxygens (including phenoxy) is 1. The lowest BCUT2D eigenvalue weighted by molar-refractivity contribution is 0.391. The van der Waals surface area contributed by atoms with Crippen LogP contribution in [0.1, 0.15) is 26.2 Å². The van der Waals surface area contributed by atoms with E-state index in [0.29, 0.717) is 18.2 Å². The minimum Gasteiger partial charge on any atom is -0.373 e. The van der Waals surface area contributed by atoms with Gasteiger partial charge in [-0.1, -0.05) is 0 Å². The van der Waals surface area contributed by atoms with Crippen LogP contribution in [0, 0.1) is 5.41 Å². The Morgan fingerprint density at radius 1 is 1.64 bits per heavy atom. The summed E-state index contributed by atoms with van der Waals surface area (Å²) in [4.78, 5) is 0. The van der Waals surface area contributed by atoms with E-state index in [9.17, 15) is 0 Å². The van der Waals surface area contributed by atoms with Gasteiger partial charge in [-0.05, 0) is 39.3 Å². The van der Waals surface area contributed by atoms with Gasteiger partial charge in [-0.3, -0.25) is 0 Å². The van der Waals surface area contributed by atoms with Crippen LogP contribution in [0.2, 0.25) is 0 Å². The van der Waals surface area contributed by atoms with E-state index in [2.05, 4.69) is 5.32 Å². The van der Waals surface area contributed by atoms with E-state index in [1.54, 1.807) is 6.92 Å². The zero-order chi connectivity index (χ0) is 10.4. The van der Waals surface area contributed by atoms with Gasteiger partial charge in [-0.2, -0.15) is 0 Å². The lowest BCUT2D eigenvalue weighted by atomic mass is 10.1. The molecule has 1 unspecified atom stereocenters. The Hall–Kier alpha value is -0.450. The van der Waals surface area contributed by atoms with E-state index in [1.807, 2.05) is 0 Å². The smallest absolute Gasteiger partial charge is 0.0822 e. The topological polar surface area (TPSA) is 74.4 Å². The molecular formula is C10H21N3O. The molecule has 0 aliphatic carbocycles. The van der Waals surface area contributed by atoms with Gasteiger partial charge in [0.2, 0.25) is 0 Å². The number of nitrogens with one attached hydrogen (secondary N) is 2. The SMILES string of the molecule is CC(=N)CC(N)CCNCC[C@H]1CO1. The second-order valence-electron chi connectivity index (χ2n) is 4.03. The van der Waals surface area contributed by atoms with Crippen molar-refractivity contribution in [3.05, 3.63) is 0 Å². The standard InChI is InChI=1S/C10H21N3O/c1-8(11)6-9(12)2-4-13-5-3-10-7-14-10/h9-11,13H,2-7,12H2,1H3/t9?,10-/m0/s1. The van der Waals surface area contributed by atoms with Crippen molar-refractivity contribution in [3.8, 4) is 0 Å². The number of epoxide rings is 1. The van der Waals surface area contributed by atoms with Gasteiger partial charge >= 0.3 is 0 Å². The third-order valence-electron chi connectivity index (χ3n) is 2.31. The van der Waals surface area contributed by atoms with Gasteiger partial charge in [0.1, 0.15) is 0 Å². The van der Waals surface area contributed by atoms with Crippen molar-refractivity contribution in [2.45, 2.75) is 38.3 Å². The Balaban J connectivity index is 1.83. The molecule has 0 saturated carbocycles. The molecule has 0 aromatic rings. The first-order chi connectivity index (χ1) is 6.68. The molecule has 2 atom stereocenters. The van der Waals surface area contributed by atoms with Gasteiger partial charge in [-0.15, -0.1) is 0 Å². The summed E-state index contributed by atoms with van der Waals surface area (Å²) in [5.41, 5.74) is 6.49. The molecule has 4 N–H and O–H groups in total. The predicted octanol–water partition coefficient (Wildman–Crippen LogP) is 0.512. The van der Waals surface area contributed by atoms with E-state index in [0.717, 1.165) is 32.5 Å². The number of rotatable bonds is 8. The molecule has 0 bridgehead atoms. The Morgan fingerprint density at radius 3 is 2.93 bits per heavy atom. The van der Waals surface area contributed by atoms with Crippen molar-refractivity contribution in [3.63, 3.8) is 0 Å². The highest BCUT2D eigenvalue weighted by Crippen LogP contribution is 2.11. The van der Waals surface area contributed by atoms with Crippen LogP contribution < -0.4 is 11.1 Å². The van der Waals surface area contributed by atoms with Crippen molar-refractivity contribution >= 4 is 5.71 Å². The molecule has 4 heteroatoms. The molecular weight excluding hydrogens is 178 g/mol. The average Bonchev–Trinajstić information content (AvgIpc) is 2.86. The lowest BCUT2D eigenvalue weighted by Crippen LogP contribution is -2.28. The first-order valence-corrected chi connectivity index (χ1v) is 5.30. The Bertz CT molecular complexity index is 180. The second kappa shape index (κ2) is 6.11. The van der Waals surface area contributed by atoms with Gasteiger partial charge in [0.15, 0.2) is 0 Å². The number of hydrogen-bond donors (Lipinski definition) is 3. The van der Waals surface area contributed by atoms with Crippen molar-refractivity contribution < 1.29 is 4.74 Å². The molecule has 1 fully saturated rings. The van der Waals surface area contributed by atoms with Crippen molar-refractivity contribution in [1.82, 2.24) is 5.32 Å². The van der Waals surface area contributed by atoms with Crippen LogP contribution in [0.4, 0.5) is 0 Å². The Labute approximate surface area is 85.7 Å². The Morgan fingerprint density at radius 2 is 2.36 bits per heavy atom. The fourth-order valence-corrected chi connectivity index (χ4v) is 1.41. The molecule has 1 aliphatic heterocycles. The summed E-state index contributed by atoms with van der Waals surface area (Å²) in [5, 5.41) is 10.6. The third kappa shape index (κ3) is 6.07. The first kappa shape index (κ1) is 11.6. The van der Waals surface area contributed by atoms with Gasteiger partial charge in [0.25, 0.3) is 0 Å². The van der Waals surface area contributed by atoms with Crippen LogP contribution >= 0.6 is 0 Å². The molecule has 82 valence electrons. The fraction of sp³-hybridized carbons (Fsp3) is 0.900. The summed E-state index contributed by atoms with van der Waals surface area (Å²) in [5.74, 6) is 0. The molecule has 0 aromatic carbocycles. The van der Waals surface area contributed by atoms with E-state index in [-0.39, 0.29) is 6.04 Å². The summed E-state index contributed by atoms with van der Waals surface area (Å²) in [6.45, 7) is 4.70. The minimum atomic E-state index is 0.136. The molecule has 0 spiro atoms. The van der Waals surface area contributed by atoms with Gasteiger partial charge in [-0.25, -0.2) is 0 Å². The third-order valence-corrected chi connectivity index (χ3v) is 2.31. The summed E-state index contributed by atoms with van der Waals surface area (Å²) in [7, 11) is 0. The average molecular weight is 199 g/mol. The van der Waals surface area contributed by atoms with Crippen molar-refractivity contribution in [1.29, 1.82) is 5.41 Å². The van der Waals surface area contributed by atoms with E-state index in [4.69, 9.17) is 15.9 Å². The van der Waals surface area contributed by atoms with Crippen LogP contribution in [0.15, 0.2) is 0 Å². The Kier molecular flexibility index (Phi) is 5.07. The largest absolute Gasteiger partial charge is 0.373 e. The highest BCUT2D eigenvalue weighted by atomic mass is 16.6. The molecule has 14 heavy (non-hydrogen) atoms. The molecule has 0 aromatic heterocycles. The quantitative estimate of drug-likeness (QED) is 0.303. The second-order valence-corrected chi connectivity index (χ2v) is 4.03. The highest BCUT2D eigenvalue weighted by molar-refractivity contribution is 5.79. The monoisotopic (exact) mass is 199 g/mol. The summed E-state index contributed by atoms with van der Waals surface area (Å²) in [6.07, 6.45) is 3.29. The summed E-state index contributed by atoms with van der Waals surface area (Å²) in [6, 6.07) is 0.136. The molecule has 1 saturated heterocycles. The van der Waals surface area contributed by atoms with E-state index in [1.165, 1.54) is 0 Å². The van der Waals surface area contributed by atoms with E-state index < -0.39 is 0 Å². The maximum Gasteiger partial charge on any atom is 0.0822 e. The van der Waals surface area contributed by atoms with Crippen LogP contribution in [-0.4, -0.2) is 37.6 Å². The molecule has 0 radical (unpaired) electrons. The molecule has 1 rings (SSSR count). The normalized spacial score (nSPS) is 22.0. The maximum absolute atomic E-state index is 7.29. The van der Waals surface area contributed by atoms with Crippen LogP contribution in [0.3, 0.4) is 0 Å². The first-order valence-electron chi connectivity index (χ1n) is 5.30. The molecule has 0 amide bonds. The highest BCUT2D eigenvalue weighted by Gasteiger charge is 2.20. The van der Waals surface area contributed by atoms with Crippen LogP contribution in [0.5, 0.6) is 0 Å². The zero-order valence-electron chi connectivity index (χ0n) is 8.88. The van der Waals surface area contributed by atoms with Crippen molar-refractivity contribution in [2.24, 2.45) is 5.73 Å². The zero-order valence-corrected chi connectivity index (χ0v) is 8.88. The number of nitrogens with two attached hydrogens (primary N) is 1. The predicted molar refractivity (Wildman–Crippen MR) is 57.8 cm³/mol. The summed E-state index contributed by atoms with van der Waals surface area (Å²) < 4.78 is 5.10. The molecule has 1 heterocycles. The maximum atomic E-state index is 7.29. The number of hydrogen-bond acceptors (Lipinski definition) is 4. The van der Waals surface area contributed by atoms with E-state index >= 15 is 0 Å². The van der Waals surface area contributed by atoms with Gasteiger partial charge in [0.05, 0.1) is 12.7 Å².